The summed E-state index contributed by atoms with van der Waals surface area (Å²) in [5.41, 5.74) is 1.73. The Bertz CT molecular complexity index is 815. The van der Waals surface area contributed by atoms with E-state index in [0.29, 0.717) is 25.3 Å². The third-order valence-electron chi connectivity index (χ3n) is 4.65. The highest BCUT2D eigenvalue weighted by atomic mass is 19.1. The molecule has 0 radical (unpaired) electrons. The number of halogens is 1. The van der Waals surface area contributed by atoms with Crippen molar-refractivity contribution in [3.63, 3.8) is 0 Å². The standard InChI is InChI=1S/C21H25FN4O2/c1-25(14-16-6-3-2-4-7-16)11-10-23-21(28)24-18-13-20(27)26(15-18)19-9-5-8-17(22)12-19/h2-9,12,18H,10-11,13-15H2,1H3,(H2,23,24,28)/t18-/m0/s1. The zero-order chi connectivity index (χ0) is 19.9. The molecule has 0 aliphatic carbocycles. The first-order valence-corrected chi connectivity index (χ1v) is 9.34. The van der Waals surface area contributed by atoms with E-state index in [4.69, 9.17) is 0 Å². The Hall–Kier alpha value is -2.93. The van der Waals surface area contributed by atoms with Gasteiger partial charge in [0, 0.05) is 38.3 Å². The van der Waals surface area contributed by atoms with Crippen LogP contribution in [0, 0.1) is 5.82 Å². The Balaban J connectivity index is 1.40. The van der Waals surface area contributed by atoms with Gasteiger partial charge in [-0.1, -0.05) is 36.4 Å². The minimum absolute atomic E-state index is 0.126. The van der Waals surface area contributed by atoms with E-state index in [2.05, 4.69) is 27.7 Å². The zero-order valence-electron chi connectivity index (χ0n) is 15.9. The molecule has 148 valence electrons. The molecule has 2 N–H and O–H groups in total. The van der Waals surface area contributed by atoms with E-state index >= 15 is 0 Å². The average Bonchev–Trinajstić information content (AvgIpc) is 3.02. The minimum atomic E-state index is -0.390. The molecule has 0 aromatic heterocycles. The molecule has 6 nitrogen and oxygen atoms in total. The number of nitrogens with zero attached hydrogens (tertiary/aromatic N) is 2. The fourth-order valence-corrected chi connectivity index (χ4v) is 3.27. The summed E-state index contributed by atoms with van der Waals surface area (Å²) in [6, 6.07) is 15.4. The summed E-state index contributed by atoms with van der Waals surface area (Å²) in [4.78, 5) is 27.9. The SMILES string of the molecule is CN(CCNC(=O)N[C@H]1CC(=O)N(c2cccc(F)c2)C1)Cc1ccccc1. The molecule has 2 aromatic carbocycles. The lowest BCUT2D eigenvalue weighted by atomic mass is 10.2. The van der Waals surface area contributed by atoms with E-state index < -0.39 is 0 Å². The van der Waals surface area contributed by atoms with Crippen molar-refractivity contribution < 1.29 is 14.0 Å². The van der Waals surface area contributed by atoms with Crippen molar-refractivity contribution in [2.24, 2.45) is 0 Å². The van der Waals surface area contributed by atoms with Crippen LogP contribution < -0.4 is 15.5 Å². The van der Waals surface area contributed by atoms with E-state index in [1.165, 1.54) is 22.6 Å². The molecule has 0 bridgehead atoms. The van der Waals surface area contributed by atoms with Gasteiger partial charge in [0.2, 0.25) is 5.91 Å². The summed E-state index contributed by atoms with van der Waals surface area (Å²) < 4.78 is 13.4. The maximum atomic E-state index is 13.4. The highest BCUT2D eigenvalue weighted by Crippen LogP contribution is 2.22. The van der Waals surface area contributed by atoms with Crippen molar-refractivity contribution >= 4 is 17.6 Å². The number of carbonyl (C=O) groups excluding carboxylic acids is 2. The summed E-state index contributed by atoms with van der Waals surface area (Å²) in [6.07, 6.45) is 0.206. The van der Waals surface area contributed by atoms with Crippen LogP contribution in [0.3, 0.4) is 0 Å². The van der Waals surface area contributed by atoms with Crippen LogP contribution in [-0.4, -0.2) is 49.6 Å². The number of likely N-dealkylation sites (N-methyl/N-ethyl adjacent to an activating group) is 1. The number of anilines is 1. The Labute approximate surface area is 164 Å². The third-order valence-corrected chi connectivity index (χ3v) is 4.65. The topological polar surface area (TPSA) is 64.7 Å². The normalized spacial score (nSPS) is 16.5. The summed E-state index contributed by atoms with van der Waals surface area (Å²) >= 11 is 0. The van der Waals surface area contributed by atoms with Crippen molar-refractivity contribution in [2.45, 2.75) is 19.0 Å². The number of carbonyl (C=O) groups is 2. The van der Waals surface area contributed by atoms with Gasteiger partial charge < -0.3 is 20.4 Å². The molecule has 28 heavy (non-hydrogen) atoms. The highest BCUT2D eigenvalue weighted by molar-refractivity contribution is 5.96. The van der Waals surface area contributed by atoms with Gasteiger partial charge in [-0.2, -0.15) is 0 Å². The number of hydrogen-bond acceptors (Lipinski definition) is 3. The lowest BCUT2D eigenvalue weighted by Gasteiger charge is -2.19. The Kier molecular flexibility index (Phi) is 6.60. The van der Waals surface area contributed by atoms with Crippen LogP contribution in [0.1, 0.15) is 12.0 Å². The van der Waals surface area contributed by atoms with Gasteiger partial charge in [-0.15, -0.1) is 0 Å². The molecule has 1 fully saturated rings. The quantitative estimate of drug-likeness (QED) is 0.770. The fraction of sp³-hybridized carbons (Fsp3) is 0.333. The van der Waals surface area contributed by atoms with E-state index in [0.717, 1.165) is 6.54 Å². The Morgan fingerprint density at radius 1 is 1.21 bits per heavy atom. The number of benzene rings is 2. The summed E-state index contributed by atoms with van der Waals surface area (Å²) in [5.74, 6) is -0.516. The first kappa shape index (κ1) is 19.8. The van der Waals surface area contributed by atoms with Crippen LogP contribution in [0.25, 0.3) is 0 Å². The zero-order valence-corrected chi connectivity index (χ0v) is 15.9. The Morgan fingerprint density at radius 2 is 2.00 bits per heavy atom. The van der Waals surface area contributed by atoms with Crippen molar-refractivity contribution in [1.82, 2.24) is 15.5 Å². The molecule has 7 heteroatoms. The molecule has 1 aliphatic heterocycles. The predicted molar refractivity (Wildman–Crippen MR) is 106 cm³/mol. The van der Waals surface area contributed by atoms with Crippen molar-refractivity contribution in [3.8, 4) is 0 Å². The third kappa shape index (κ3) is 5.53. The molecule has 1 heterocycles. The largest absolute Gasteiger partial charge is 0.337 e. The van der Waals surface area contributed by atoms with Crippen LogP contribution in [0.2, 0.25) is 0 Å². The molecule has 0 saturated carbocycles. The minimum Gasteiger partial charge on any atom is -0.337 e. The Morgan fingerprint density at radius 3 is 2.75 bits per heavy atom. The maximum Gasteiger partial charge on any atom is 0.315 e. The van der Waals surface area contributed by atoms with E-state index in [-0.39, 0.29) is 30.2 Å². The first-order chi connectivity index (χ1) is 13.5. The molecular weight excluding hydrogens is 359 g/mol. The smallest absolute Gasteiger partial charge is 0.315 e. The van der Waals surface area contributed by atoms with Gasteiger partial charge in [-0.25, -0.2) is 9.18 Å². The van der Waals surface area contributed by atoms with Crippen molar-refractivity contribution in [3.05, 3.63) is 66.0 Å². The lowest BCUT2D eigenvalue weighted by Crippen LogP contribution is -2.45. The van der Waals surface area contributed by atoms with Gasteiger partial charge in [0.15, 0.2) is 0 Å². The van der Waals surface area contributed by atoms with Crippen molar-refractivity contribution in [2.75, 3.05) is 31.6 Å². The van der Waals surface area contributed by atoms with Crippen LogP contribution in [0.15, 0.2) is 54.6 Å². The second-order valence-electron chi connectivity index (χ2n) is 7.01. The fourth-order valence-electron chi connectivity index (χ4n) is 3.27. The molecular formula is C21H25FN4O2. The van der Waals surface area contributed by atoms with Crippen LogP contribution in [0.5, 0.6) is 0 Å². The van der Waals surface area contributed by atoms with Crippen LogP contribution >= 0.6 is 0 Å². The average molecular weight is 384 g/mol. The molecule has 1 saturated heterocycles. The first-order valence-electron chi connectivity index (χ1n) is 9.34. The molecule has 0 unspecified atom stereocenters. The second kappa shape index (κ2) is 9.32. The van der Waals surface area contributed by atoms with E-state index in [9.17, 15) is 14.0 Å². The van der Waals surface area contributed by atoms with Gasteiger partial charge in [0.1, 0.15) is 5.82 Å². The lowest BCUT2D eigenvalue weighted by molar-refractivity contribution is -0.117. The molecule has 1 atom stereocenters. The van der Waals surface area contributed by atoms with E-state index in [1.807, 2.05) is 25.2 Å². The number of amides is 3. The molecule has 3 amide bonds. The maximum absolute atomic E-state index is 13.4. The number of rotatable bonds is 7. The van der Waals surface area contributed by atoms with Gasteiger partial charge in [0.05, 0.1) is 6.04 Å². The number of nitrogens with one attached hydrogen (secondary N) is 2. The van der Waals surface area contributed by atoms with Gasteiger partial charge >= 0.3 is 6.03 Å². The summed E-state index contributed by atoms with van der Waals surface area (Å²) in [7, 11) is 2.00. The second-order valence-corrected chi connectivity index (χ2v) is 7.01. The summed E-state index contributed by atoms with van der Waals surface area (Å²) in [6.45, 7) is 2.36. The van der Waals surface area contributed by atoms with Gasteiger partial charge in [-0.05, 0) is 30.8 Å². The molecule has 3 rings (SSSR count). The van der Waals surface area contributed by atoms with Crippen LogP contribution in [-0.2, 0) is 11.3 Å². The number of urea groups is 1. The predicted octanol–water partition coefficient (Wildman–Crippen LogP) is 2.36. The van der Waals surface area contributed by atoms with E-state index in [1.54, 1.807) is 12.1 Å². The monoisotopic (exact) mass is 384 g/mol. The van der Waals surface area contributed by atoms with Crippen molar-refractivity contribution in [1.29, 1.82) is 0 Å². The summed E-state index contributed by atoms with van der Waals surface area (Å²) in [5, 5.41) is 5.65. The highest BCUT2D eigenvalue weighted by Gasteiger charge is 2.31. The van der Waals surface area contributed by atoms with Crippen LogP contribution in [0.4, 0.5) is 14.9 Å². The van der Waals surface area contributed by atoms with Gasteiger partial charge in [-0.3, -0.25) is 4.79 Å². The molecule has 0 spiro atoms. The van der Waals surface area contributed by atoms with Gasteiger partial charge in [0.25, 0.3) is 0 Å². The number of hydrogen-bond donors (Lipinski definition) is 2. The molecule has 1 aliphatic rings. The molecule has 2 aromatic rings.